The number of nitriles is 1. The maximum absolute atomic E-state index is 8.63. The van der Waals surface area contributed by atoms with E-state index in [0.29, 0.717) is 5.69 Å². The Kier molecular flexibility index (Phi) is 6.86. The van der Waals surface area contributed by atoms with E-state index >= 15 is 0 Å². The van der Waals surface area contributed by atoms with Crippen molar-refractivity contribution in [1.82, 2.24) is 4.98 Å². The predicted molar refractivity (Wildman–Crippen MR) is 75.4 cm³/mol. The van der Waals surface area contributed by atoms with Crippen LogP contribution in [0.1, 0.15) is 51.6 Å². The maximum Gasteiger partial charge on any atom is 0.140 e. The molecule has 0 saturated carbocycles. The molecule has 98 valence electrons. The molecule has 18 heavy (non-hydrogen) atoms. The maximum atomic E-state index is 8.63. The van der Waals surface area contributed by atoms with Gasteiger partial charge >= 0.3 is 0 Å². The summed E-state index contributed by atoms with van der Waals surface area (Å²) in [5.74, 6) is 0.827. The summed E-state index contributed by atoms with van der Waals surface area (Å²) >= 11 is 0. The minimum Gasteiger partial charge on any atom is -0.384 e. The molecule has 0 amide bonds. The molecule has 0 radical (unpaired) electrons. The number of rotatable bonds is 8. The van der Waals surface area contributed by atoms with E-state index in [1.165, 1.54) is 32.1 Å². The van der Waals surface area contributed by atoms with Gasteiger partial charge in [-0.2, -0.15) is 5.26 Å². The molecule has 3 nitrogen and oxygen atoms in total. The van der Waals surface area contributed by atoms with Crippen LogP contribution in [-0.2, 0) is 0 Å². The molecule has 0 aliphatic carbocycles. The molecular weight excluding hydrogens is 222 g/mol. The van der Waals surface area contributed by atoms with E-state index in [0.717, 1.165) is 18.2 Å². The first-order valence-electron chi connectivity index (χ1n) is 6.82. The van der Waals surface area contributed by atoms with Crippen molar-refractivity contribution in [1.29, 1.82) is 5.26 Å². The molecule has 0 unspecified atom stereocenters. The Balaban J connectivity index is 2.05. The first-order valence-corrected chi connectivity index (χ1v) is 6.82. The fourth-order valence-corrected chi connectivity index (χ4v) is 1.83. The fourth-order valence-electron chi connectivity index (χ4n) is 1.83. The van der Waals surface area contributed by atoms with Crippen molar-refractivity contribution in [2.75, 3.05) is 11.9 Å². The summed E-state index contributed by atoms with van der Waals surface area (Å²) in [5.41, 5.74) is 1.46. The molecule has 1 aromatic rings. The van der Waals surface area contributed by atoms with Crippen molar-refractivity contribution in [3.8, 4) is 6.07 Å². The normalized spacial score (nSPS) is 10.3. The van der Waals surface area contributed by atoms with Crippen LogP contribution >= 0.6 is 0 Å². The number of nitrogens with zero attached hydrogens (tertiary/aromatic N) is 2. The number of unbranched alkanes of at least 4 members (excludes halogenated alkanes) is 3. The molecule has 0 saturated heterocycles. The first-order chi connectivity index (χ1) is 8.72. The second-order valence-electron chi connectivity index (χ2n) is 5.07. The molecule has 1 heterocycles. The van der Waals surface area contributed by atoms with E-state index in [1.807, 2.05) is 12.1 Å². The van der Waals surface area contributed by atoms with Crippen molar-refractivity contribution in [2.45, 2.75) is 46.0 Å². The van der Waals surface area contributed by atoms with E-state index in [2.05, 4.69) is 24.1 Å². The average Bonchev–Trinajstić information content (AvgIpc) is 2.38. The van der Waals surface area contributed by atoms with Gasteiger partial charge in [0.25, 0.3) is 0 Å². The van der Waals surface area contributed by atoms with Crippen molar-refractivity contribution in [3.63, 3.8) is 0 Å². The summed E-state index contributed by atoms with van der Waals surface area (Å²) < 4.78 is 0. The van der Waals surface area contributed by atoms with Gasteiger partial charge in [0.1, 0.15) is 11.8 Å². The SMILES string of the molecule is CC(C)CCCCCCNc1ccc(C#N)nc1. The molecule has 0 aliphatic heterocycles. The molecule has 0 spiro atoms. The summed E-state index contributed by atoms with van der Waals surface area (Å²) in [4.78, 5) is 4.02. The minimum atomic E-state index is 0.467. The highest BCUT2D eigenvalue weighted by Gasteiger charge is 1.96. The van der Waals surface area contributed by atoms with Crippen LogP contribution in [0.25, 0.3) is 0 Å². The largest absolute Gasteiger partial charge is 0.384 e. The Morgan fingerprint density at radius 3 is 2.61 bits per heavy atom. The number of nitrogens with one attached hydrogen (secondary N) is 1. The first kappa shape index (κ1) is 14.5. The van der Waals surface area contributed by atoms with Crippen LogP contribution in [0.15, 0.2) is 18.3 Å². The topological polar surface area (TPSA) is 48.7 Å². The van der Waals surface area contributed by atoms with Gasteiger partial charge in [-0.25, -0.2) is 4.98 Å². The van der Waals surface area contributed by atoms with E-state index in [9.17, 15) is 0 Å². The van der Waals surface area contributed by atoms with Crippen LogP contribution in [0.4, 0.5) is 5.69 Å². The molecule has 1 N–H and O–H groups in total. The van der Waals surface area contributed by atoms with Gasteiger partial charge in [0.2, 0.25) is 0 Å². The molecule has 0 aliphatic rings. The van der Waals surface area contributed by atoms with Crippen molar-refractivity contribution in [3.05, 3.63) is 24.0 Å². The van der Waals surface area contributed by atoms with Gasteiger partial charge in [0.05, 0.1) is 11.9 Å². The number of anilines is 1. The molecule has 1 aromatic heterocycles. The predicted octanol–water partition coefficient (Wildman–Crippen LogP) is 3.97. The van der Waals surface area contributed by atoms with E-state index in [1.54, 1.807) is 12.3 Å². The van der Waals surface area contributed by atoms with Gasteiger partial charge in [-0.15, -0.1) is 0 Å². The summed E-state index contributed by atoms with van der Waals surface area (Å²) in [6.45, 7) is 5.54. The summed E-state index contributed by atoms with van der Waals surface area (Å²) in [7, 11) is 0. The summed E-state index contributed by atoms with van der Waals surface area (Å²) in [6, 6.07) is 5.66. The third-order valence-corrected chi connectivity index (χ3v) is 2.92. The monoisotopic (exact) mass is 245 g/mol. The van der Waals surface area contributed by atoms with Gasteiger partial charge < -0.3 is 5.32 Å². The van der Waals surface area contributed by atoms with E-state index < -0.39 is 0 Å². The fraction of sp³-hybridized carbons (Fsp3) is 0.600. The quantitative estimate of drug-likeness (QED) is 0.705. The van der Waals surface area contributed by atoms with Crippen molar-refractivity contribution in [2.24, 2.45) is 5.92 Å². The number of pyridine rings is 1. The van der Waals surface area contributed by atoms with Gasteiger partial charge in [0, 0.05) is 6.54 Å². The molecule has 0 aromatic carbocycles. The number of hydrogen-bond acceptors (Lipinski definition) is 3. The zero-order valence-electron chi connectivity index (χ0n) is 11.4. The Hall–Kier alpha value is -1.56. The second-order valence-corrected chi connectivity index (χ2v) is 5.07. The molecule has 0 fully saturated rings. The zero-order valence-corrected chi connectivity index (χ0v) is 11.4. The third-order valence-electron chi connectivity index (χ3n) is 2.92. The summed E-state index contributed by atoms with van der Waals surface area (Å²) in [5, 5.41) is 12.0. The zero-order chi connectivity index (χ0) is 13.2. The lowest BCUT2D eigenvalue weighted by atomic mass is 10.0. The highest BCUT2D eigenvalue weighted by atomic mass is 14.9. The standard InChI is InChI=1S/C15H23N3/c1-13(2)7-5-3-4-6-10-17-15-9-8-14(11-16)18-12-15/h8-9,12-13,17H,3-7,10H2,1-2H3. The molecule has 3 heteroatoms. The molecule has 0 bridgehead atoms. The lowest BCUT2D eigenvalue weighted by molar-refractivity contribution is 0.523. The average molecular weight is 245 g/mol. The Morgan fingerprint density at radius 2 is 2.00 bits per heavy atom. The number of aromatic nitrogens is 1. The second kappa shape index (κ2) is 8.52. The molecule has 0 atom stereocenters. The lowest BCUT2D eigenvalue weighted by Crippen LogP contribution is -2.02. The van der Waals surface area contributed by atoms with Crippen molar-refractivity contribution < 1.29 is 0 Å². The van der Waals surface area contributed by atoms with E-state index in [-0.39, 0.29) is 0 Å². The van der Waals surface area contributed by atoms with E-state index in [4.69, 9.17) is 5.26 Å². The van der Waals surface area contributed by atoms with Crippen molar-refractivity contribution >= 4 is 5.69 Å². The molecule has 1 rings (SSSR count). The van der Waals surface area contributed by atoms with Crippen LogP contribution in [-0.4, -0.2) is 11.5 Å². The van der Waals surface area contributed by atoms with Gasteiger partial charge in [-0.3, -0.25) is 0 Å². The Bertz CT molecular complexity index is 362. The Morgan fingerprint density at radius 1 is 1.22 bits per heavy atom. The van der Waals surface area contributed by atoms with Crippen LogP contribution in [0.3, 0.4) is 0 Å². The summed E-state index contributed by atoms with van der Waals surface area (Å²) in [6.07, 6.45) is 8.20. The van der Waals surface area contributed by atoms with Gasteiger partial charge in [-0.05, 0) is 24.5 Å². The van der Waals surface area contributed by atoms with Crippen LogP contribution < -0.4 is 5.32 Å². The van der Waals surface area contributed by atoms with Crippen LogP contribution in [0.5, 0.6) is 0 Å². The molecular formula is C15H23N3. The highest BCUT2D eigenvalue weighted by molar-refractivity contribution is 5.42. The lowest BCUT2D eigenvalue weighted by Gasteiger charge is -2.06. The van der Waals surface area contributed by atoms with Gasteiger partial charge in [0.15, 0.2) is 0 Å². The third kappa shape index (κ3) is 6.24. The number of hydrogen-bond donors (Lipinski definition) is 1. The minimum absolute atomic E-state index is 0.467. The van der Waals surface area contributed by atoms with Crippen LogP contribution in [0.2, 0.25) is 0 Å². The Labute approximate surface area is 110 Å². The van der Waals surface area contributed by atoms with Crippen LogP contribution in [0, 0.1) is 17.2 Å². The van der Waals surface area contributed by atoms with Gasteiger partial charge in [-0.1, -0.05) is 39.5 Å². The smallest absolute Gasteiger partial charge is 0.140 e. The highest BCUT2D eigenvalue weighted by Crippen LogP contribution is 2.10.